The number of piperidine rings is 1. The summed E-state index contributed by atoms with van der Waals surface area (Å²) in [5, 5.41) is 6.12. The van der Waals surface area contributed by atoms with Crippen LogP contribution in [0.4, 0.5) is 16.2 Å². The van der Waals surface area contributed by atoms with E-state index in [9.17, 15) is 14.4 Å². The van der Waals surface area contributed by atoms with Gasteiger partial charge in [0.2, 0.25) is 5.91 Å². The van der Waals surface area contributed by atoms with Crippen LogP contribution in [-0.2, 0) is 20.7 Å². The van der Waals surface area contributed by atoms with Crippen molar-refractivity contribution in [2.24, 2.45) is 0 Å². The monoisotopic (exact) mass is 759 g/mol. The van der Waals surface area contributed by atoms with Crippen LogP contribution in [0.1, 0.15) is 48.0 Å². The summed E-state index contributed by atoms with van der Waals surface area (Å²) >= 11 is 6.25. The molecule has 2 bridgehead atoms. The summed E-state index contributed by atoms with van der Waals surface area (Å²) in [5.41, 5.74) is 4.38. The van der Waals surface area contributed by atoms with Gasteiger partial charge in [-0.25, -0.2) is 4.79 Å². The molecule has 1 unspecified atom stereocenters. The maximum atomic E-state index is 13.2. The summed E-state index contributed by atoms with van der Waals surface area (Å²) in [7, 11) is 5.97. The number of quaternary nitrogens is 1. The van der Waals surface area contributed by atoms with Gasteiger partial charge >= 0.3 is 6.09 Å². The Kier molecular flexibility index (Phi) is 10.6. The normalized spacial score (nSPS) is 23.3. The summed E-state index contributed by atoms with van der Waals surface area (Å²) in [6.07, 6.45) is 4.76. The number of aryl methyl sites for hydroxylation is 1. The fourth-order valence-electron chi connectivity index (χ4n) is 7.07. The Morgan fingerprint density at radius 3 is 2.37 bits per heavy atom. The molecule has 5 atom stereocenters. The number of benzene rings is 3. The number of likely N-dealkylation sites (N-methyl/N-ethyl adjacent to an activating group) is 1. The minimum atomic E-state index is -0.441. The molecule has 244 valence electrons. The lowest BCUT2D eigenvalue weighted by atomic mass is 9.96. The van der Waals surface area contributed by atoms with E-state index in [1.165, 1.54) is 13.2 Å². The van der Waals surface area contributed by atoms with Crippen LogP contribution in [-0.4, -0.2) is 74.4 Å². The number of hydrogen-bond donors (Lipinski definition) is 2. The summed E-state index contributed by atoms with van der Waals surface area (Å²) in [6, 6.07) is 19.8. The van der Waals surface area contributed by atoms with Gasteiger partial charge in [0.15, 0.2) is 6.29 Å². The van der Waals surface area contributed by atoms with E-state index in [1.807, 2.05) is 42.5 Å². The van der Waals surface area contributed by atoms with Crippen molar-refractivity contribution in [1.82, 2.24) is 0 Å². The van der Waals surface area contributed by atoms with E-state index in [4.69, 9.17) is 25.8 Å². The smallest absolute Gasteiger partial charge is 0.411 e. The number of morpholine rings is 1. The first-order chi connectivity index (χ1) is 21.7. The van der Waals surface area contributed by atoms with Crippen molar-refractivity contribution in [2.45, 2.75) is 68.9 Å². The van der Waals surface area contributed by atoms with Crippen LogP contribution >= 0.6 is 11.6 Å². The van der Waals surface area contributed by atoms with Crippen molar-refractivity contribution in [3.8, 4) is 16.9 Å². The maximum absolute atomic E-state index is 13.2. The molecule has 0 radical (unpaired) electrons. The number of amides is 2. The topological polar surface area (TPSA) is 106 Å². The van der Waals surface area contributed by atoms with Gasteiger partial charge in [-0.1, -0.05) is 54.1 Å². The highest BCUT2D eigenvalue weighted by Crippen LogP contribution is 2.51. The maximum Gasteiger partial charge on any atom is 0.411 e. The van der Waals surface area contributed by atoms with E-state index in [-0.39, 0.29) is 41.0 Å². The zero-order valence-electron chi connectivity index (χ0n) is 26.1. The van der Waals surface area contributed by atoms with Crippen LogP contribution < -0.4 is 39.3 Å². The lowest BCUT2D eigenvalue weighted by Gasteiger charge is -2.45. The van der Waals surface area contributed by atoms with E-state index in [1.54, 1.807) is 6.07 Å². The highest BCUT2D eigenvalue weighted by molar-refractivity contribution is 6.34. The summed E-state index contributed by atoms with van der Waals surface area (Å²) in [4.78, 5) is 37.0. The summed E-state index contributed by atoms with van der Waals surface area (Å²) in [5.74, 6) is 0.168. The molecule has 46 heavy (non-hydrogen) atoms. The van der Waals surface area contributed by atoms with E-state index in [0.29, 0.717) is 66.1 Å². The average Bonchev–Trinajstić information content (AvgIpc) is 3.79. The lowest BCUT2D eigenvalue weighted by Crippen LogP contribution is -3.00. The number of fused-ring (bicyclic) bond motifs is 5. The number of rotatable bonds is 11. The van der Waals surface area contributed by atoms with Crippen LogP contribution in [0.25, 0.3) is 11.1 Å². The van der Waals surface area contributed by atoms with Crippen molar-refractivity contribution in [2.75, 3.05) is 31.8 Å². The van der Waals surface area contributed by atoms with Crippen molar-refractivity contribution in [3.63, 3.8) is 0 Å². The molecular weight excluding hydrogens is 721 g/mol. The minimum Gasteiger partial charge on any atom is -1.00 e. The molecule has 0 aromatic heterocycles. The zero-order chi connectivity index (χ0) is 31.7. The highest BCUT2D eigenvalue weighted by atomic mass is 127. The quantitative estimate of drug-likeness (QED) is 0.102. The third kappa shape index (κ3) is 7.20. The Morgan fingerprint density at radius 1 is 0.978 bits per heavy atom. The summed E-state index contributed by atoms with van der Waals surface area (Å²) < 4.78 is 18.0. The van der Waals surface area contributed by atoms with E-state index < -0.39 is 6.09 Å². The molecule has 3 aliphatic heterocycles. The third-order valence-corrected chi connectivity index (χ3v) is 9.87. The second-order valence-electron chi connectivity index (χ2n) is 12.6. The average molecular weight is 760 g/mol. The Balaban J connectivity index is 0.00000417. The molecule has 2 N–H and O–H groups in total. The number of carbonyl (C=O) groups excluding carboxylic acids is 3. The second-order valence-corrected chi connectivity index (χ2v) is 13.1. The third-order valence-electron chi connectivity index (χ3n) is 9.56. The van der Waals surface area contributed by atoms with Crippen LogP contribution in [0, 0.1) is 0 Å². The second kappa shape index (κ2) is 14.3. The van der Waals surface area contributed by atoms with E-state index >= 15 is 0 Å². The fourth-order valence-corrected chi connectivity index (χ4v) is 7.29. The Hall–Kier alpha value is -3.19. The Bertz CT molecular complexity index is 1580. The summed E-state index contributed by atoms with van der Waals surface area (Å²) in [6.45, 7) is 0. The Labute approximate surface area is 291 Å². The van der Waals surface area contributed by atoms with Gasteiger partial charge in [0.1, 0.15) is 36.1 Å². The van der Waals surface area contributed by atoms with Gasteiger partial charge in [-0.2, -0.15) is 0 Å². The van der Waals surface area contributed by atoms with Gasteiger partial charge < -0.3 is 48.0 Å². The number of epoxide rings is 1. The number of halogens is 2. The van der Waals surface area contributed by atoms with Gasteiger partial charge in [0.25, 0.3) is 0 Å². The first-order valence-corrected chi connectivity index (χ1v) is 15.8. The van der Waals surface area contributed by atoms with Crippen LogP contribution in [0.5, 0.6) is 5.75 Å². The zero-order valence-corrected chi connectivity index (χ0v) is 29.0. The molecule has 3 fully saturated rings. The molecule has 11 heteroatoms. The molecule has 2 amide bonds. The molecule has 3 aliphatic rings. The highest BCUT2D eigenvalue weighted by Gasteiger charge is 2.70. The molecule has 0 spiro atoms. The SMILES string of the molecule is COc1cc(NC(=O)CCCCc2ccc(-c3ccccc3)c(NC(=O)OC3C[C@@H]4[C@H]5O[C@H]5[C@H](C3)[N+]4(C)C)c2)c(Cl)cc1C=O.[I-]. The van der Waals surface area contributed by atoms with Gasteiger partial charge in [0.05, 0.1) is 43.2 Å². The Morgan fingerprint density at radius 2 is 1.70 bits per heavy atom. The number of ether oxygens (including phenoxy) is 3. The number of aldehydes is 1. The van der Waals surface area contributed by atoms with Crippen molar-refractivity contribution < 1.29 is 57.1 Å². The first kappa shape index (κ1) is 34.2. The van der Waals surface area contributed by atoms with Crippen LogP contribution in [0.3, 0.4) is 0 Å². The minimum absolute atomic E-state index is 0. The number of carbonyl (C=O) groups is 3. The van der Waals surface area contributed by atoms with Crippen molar-refractivity contribution in [3.05, 3.63) is 76.8 Å². The first-order valence-electron chi connectivity index (χ1n) is 15.4. The molecule has 3 saturated heterocycles. The molecule has 6 rings (SSSR count). The molecule has 3 aromatic carbocycles. The standard InChI is InChI=1S/C35H38ClN3O6.HI/c1-39(2)29-17-24(18-30(39)34-33(29)45-34)44-35(42)38-27-15-21(13-14-25(27)22-10-5-4-6-11-22)9-7-8-12-32(41)37-28-19-31(43-3)23(20-40)16-26(28)36;/h4-6,10-11,13-16,19-20,24,29-30,33-34H,7-9,12,17-18H2,1-3H3,(H-,37,38,40,41,42);1H/t24?,29-,30+,33-,34+;. The van der Waals surface area contributed by atoms with E-state index in [2.05, 4.69) is 30.8 Å². The van der Waals surface area contributed by atoms with E-state index in [0.717, 1.165) is 46.9 Å². The predicted molar refractivity (Wildman–Crippen MR) is 173 cm³/mol. The number of nitrogens with one attached hydrogen (secondary N) is 2. The molecule has 0 aliphatic carbocycles. The molecular formula is C35H39ClIN3O6. The number of hydrogen-bond acceptors (Lipinski definition) is 6. The molecule has 3 aromatic rings. The number of methoxy groups -OCH3 is 1. The number of nitrogens with zero attached hydrogens (tertiary/aromatic N) is 1. The van der Waals surface area contributed by atoms with Gasteiger partial charge in [-0.15, -0.1) is 0 Å². The van der Waals surface area contributed by atoms with Gasteiger partial charge in [-0.3, -0.25) is 14.9 Å². The number of anilines is 2. The predicted octanol–water partition coefficient (Wildman–Crippen LogP) is 3.49. The molecule has 0 saturated carbocycles. The molecule has 3 heterocycles. The van der Waals surface area contributed by atoms with Crippen LogP contribution in [0.15, 0.2) is 60.7 Å². The van der Waals surface area contributed by atoms with Gasteiger partial charge in [0, 0.05) is 30.9 Å². The van der Waals surface area contributed by atoms with Crippen molar-refractivity contribution >= 4 is 41.3 Å². The van der Waals surface area contributed by atoms with Gasteiger partial charge in [-0.05, 0) is 42.5 Å². The molecule has 9 nitrogen and oxygen atoms in total. The fraction of sp³-hybridized carbons (Fsp3) is 0.400. The van der Waals surface area contributed by atoms with Crippen LogP contribution in [0.2, 0.25) is 5.02 Å². The lowest BCUT2D eigenvalue weighted by molar-refractivity contribution is -0.938. The van der Waals surface area contributed by atoms with Crippen molar-refractivity contribution in [1.29, 1.82) is 0 Å². The largest absolute Gasteiger partial charge is 1.00 e. The number of unbranched alkanes of at least 4 members (excludes halogenated alkanes) is 1.